The van der Waals surface area contributed by atoms with Crippen molar-refractivity contribution < 1.29 is 9.53 Å². The summed E-state index contributed by atoms with van der Waals surface area (Å²) in [7, 11) is 4.07. The summed E-state index contributed by atoms with van der Waals surface area (Å²) in [5.41, 5.74) is 1.25. The van der Waals surface area contributed by atoms with Crippen LogP contribution in [0.4, 0.5) is 5.69 Å². The third kappa shape index (κ3) is 7.85. The molecule has 0 spiro atoms. The van der Waals surface area contributed by atoms with Crippen LogP contribution in [0.2, 0.25) is 0 Å². The number of benzene rings is 1. The monoisotopic (exact) mass is 223 g/mol. The van der Waals surface area contributed by atoms with E-state index in [4.69, 9.17) is 0 Å². The minimum Gasteiger partial charge on any atom is -0.468 e. The molecule has 0 saturated carbocycles. The van der Waals surface area contributed by atoms with Crippen molar-refractivity contribution in [2.75, 3.05) is 25.6 Å². The Morgan fingerprint density at radius 1 is 1.25 bits per heavy atom. The zero-order valence-corrected chi connectivity index (χ0v) is 10.3. The molecule has 0 radical (unpaired) electrons. The van der Waals surface area contributed by atoms with E-state index in [-0.39, 0.29) is 0 Å². The van der Waals surface area contributed by atoms with Crippen LogP contribution in [0.3, 0.4) is 0 Å². The van der Waals surface area contributed by atoms with E-state index in [2.05, 4.69) is 21.8 Å². The van der Waals surface area contributed by atoms with Crippen molar-refractivity contribution in [2.24, 2.45) is 0 Å². The first-order chi connectivity index (χ1) is 7.72. The van der Waals surface area contributed by atoms with Crippen LogP contribution in [0.1, 0.15) is 19.8 Å². The SMILES string of the molecule is CCCCOC=O.CN(C)c1ccccc1. The summed E-state index contributed by atoms with van der Waals surface area (Å²) < 4.78 is 4.39. The number of unbranched alkanes of at least 4 members (excludes halogenated alkanes) is 1. The van der Waals surface area contributed by atoms with Gasteiger partial charge in [-0.3, -0.25) is 4.79 Å². The Morgan fingerprint density at radius 3 is 2.25 bits per heavy atom. The molecule has 0 fully saturated rings. The molecule has 0 heterocycles. The molecule has 3 heteroatoms. The maximum absolute atomic E-state index is 9.46. The highest BCUT2D eigenvalue weighted by Crippen LogP contribution is 2.07. The Bertz CT molecular complexity index is 260. The Kier molecular flexibility index (Phi) is 9.08. The van der Waals surface area contributed by atoms with Crippen molar-refractivity contribution in [1.82, 2.24) is 0 Å². The first-order valence-electron chi connectivity index (χ1n) is 5.50. The molecular formula is C13H21NO2. The number of carbonyl (C=O) groups excluding carboxylic acids is 1. The van der Waals surface area contributed by atoms with E-state index in [9.17, 15) is 4.79 Å². The molecule has 0 aliphatic heterocycles. The average Bonchev–Trinajstić information content (AvgIpc) is 2.32. The molecule has 1 rings (SSSR count). The first kappa shape index (κ1) is 14.5. The van der Waals surface area contributed by atoms with Crippen molar-refractivity contribution in [1.29, 1.82) is 0 Å². The molecular weight excluding hydrogens is 202 g/mol. The molecule has 0 bridgehead atoms. The van der Waals surface area contributed by atoms with E-state index in [1.807, 2.05) is 39.2 Å². The lowest BCUT2D eigenvalue weighted by Gasteiger charge is -2.10. The van der Waals surface area contributed by atoms with Gasteiger partial charge in [-0.25, -0.2) is 0 Å². The lowest BCUT2D eigenvalue weighted by atomic mass is 10.3. The number of ether oxygens (including phenoxy) is 1. The quantitative estimate of drug-likeness (QED) is 0.568. The van der Waals surface area contributed by atoms with E-state index in [1.165, 1.54) is 5.69 Å². The normalized spacial score (nSPS) is 8.69. The number of hydrogen-bond donors (Lipinski definition) is 0. The van der Waals surface area contributed by atoms with Crippen LogP contribution in [0.15, 0.2) is 30.3 Å². The Labute approximate surface area is 98.0 Å². The van der Waals surface area contributed by atoms with Gasteiger partial charge in [-0.05, 0) is 18.6 Å². The molecule has 0 aliphatic rings. The van der Waals surface area contributed by atoms with Crippen LogP contribution in [0.25, 0.3) is 0 Å². The topological polar surface area (TPSA) is 29.5 Å². The van der Waals surface area contributed by atoms with Gasteiger partial charge in [0.25, 0.3) is 6.47 Å². The van der Waals surface area contributed by atoms with E-state index < -0.39 is 0 Å². The highest BCUT2D eigenvalue weighted by Gasteiger charge is 1.87. The zero-order chi connectivity index (χ0) is 12.2. The molecule has 0 N–H and O–H groups in total. The number of hydrogen-bond acceptors (Lipinski definition) is 3. The lowest BCUT2D eigenvalue weighted by Crippen LogP contribution is -2.07. The molecule has 16 heavy (non-hydrogen) atoms. The van der Waals surface area contributed by atoms with Crippen LogP contribution in [-0.4, -0.2) is 27.2 Å². The summed E-state index contributed by atoms with van der Waals surface area (Å²) in [5, 5.41) is 0. The van der Waals surface area contributed by atoms with Crippen LogP contribution >= 0.6 is 0 Å². The van der Waals surface area contributed by atoms with Gasteiger partial charge in [-0.1, -0.05) is 31.5 Å². The Balaban J connectivity index is 0.000000293. The predicted octanol–water partition coefficient (Wildman–Crippen LogP) is 2.71. The second-order valence-corrected chi connectivity index (χ2v) is 3.55. The molecule has 0 saturated heterocycles. The summed E-state index contributed by atoms with van der Waals surface area (Å²) in [6.45, 7) is 3.10. The molecule has 3 nitrogen and oxygen atoms in total. The molecule has 0 amide bonds. The van der Waals surface area contributed by atoms with Gasteiger partial charge in [0.05, 0.1) is 6.61 Å². The maximum atomic E-state index is 9.46. The number of nitrogens with zero attached hydrogens (tertiary/aromatic N) is 1. The summed E-state index contributed by atoms with van der Waals surface area (Å²) in [6.07, 6.45) is 2.05. The van der Waals surface area contributed by atoms with Gasteiger partial charge in [0.2, 0.25) is 0 Å². The second-order valence-electron chi connectivity index (χ2n) is 3.55. The van der Waals surface area contributed by atoms with Crippen molar-refractivity contribution in [3.05, 3.63) is 30.3 Å². The van der Waals surface area contributed by atoms with Crippen molar-refractivity contribution >= 4 is 12.2 Å². The van der Waals surface area contributed by atoms with Gasteiger partial charge in [-0.15, -0.1) is 0 Å². The fourth-order valence-electron chi connectivity index (χ4n) is 1.00. The maximum Gasteiger partial charge on any atom is 0.293 e. The summed E-state index contributed by atoms with van der Waals surface area (Å²) in [5.74, 6) is 0. The number of para-hydroxylation sites is 1. The number of anilines is 1. The third-order valence-corrected chi connectivity index (χ3v) is 1.96. The van der Waals surface area contributed by atoms with Gasteiger partial charge in [0.1, 0.15) is 0 Å². The van der Waals surface area contributed by atoms with Crippen LogP contribution < -0.4 is 4.90 Å². The number of carbonyl (C=O) groups is 1. The van der Waals surface area contributed by atoms with Crippen LogP contribution in [0.5, 0.6) is 0 Å². The highest BCUT2D eigenvalue weighted by molar-refractivity contribution is 5.43. The van der Waals surface area contributed by atoms with Gasteiger partial charge in [0.15, 0.2) is 0 Å². The molecule has 1 aromatic rings. The summed E-state index contributed by atoms with van der Waals surface area (Å²) in [4.78, 5) is 11.5. The molecule has 0 atom stereocenters. The van der Waals surface area contributed by atoms with Crippen molar-refractivity contribution in [2.45, 2.75) is 19.8 Å². The van der Waals surface area contributed by atoms with Gasteiger partial charge in [-0.2, -0.15) is 0 Å². The van der Waals surface area contributed by atoms with Crippen molar-refractivity contribution in [3.63, 3.8) is 0 Å². The summed E-state index contributed by atoms with van der Waals surface area (Å²) >= 11 is 0. The van der Waals surface area contributed by atoms with E-state index >= 15 is 0 Å². The standard InChI is InChI=1S/C8H11N.C5H10O2/c1-9(2)8-6-4-3-5-7-8;1-2-3-4-7-5-6/h3-7H,1-2H3;5H,2-4H2,1H3. The minimum absolute atomic E-state index is 0.482. The van der Waals surface area contributed by atoms with Gasteiger partial charge >= 0.3 is 0 Å². The van der Waals surface area contributed by atoms with Gasteiger partial charge < -0.3 is 9.64 Å². The Morgan fingerprint density at radius 2 is 1.88 bits per heavy atom. The van der Waals surface area contributed by atoms with E-state index in [0.29, 0.717) is 13.1 Å². The number of rotatable bonds is 5. The first-order valence-corrected chi connectivity index (χ1v) is 5.50. The van der Waals surface area contributed by atoms with E-state index in [1.54, 1.807) is 0 Å². The smallest absolute Gasteiger partial charge is 0.293 e. The van der Waals surface area contributed by atoms with Crippen LogP contribution in [0, 0.1) is 0 Å². The fraction of sp³-hybridized carbons (Fsp3) is 0.462. The largest absolute Gasteiger partial charge is 0.468 e. The third-order valence-electron chi connectivity index (χ3n) is 1.96. The van der Waals surface area contributed by atoms with Gasteiger partial charge in [0, 0.05) is 19.8 Å². The average molecular weight is 223 g/mol. The van der Waals surface area contributed by atoms with E-state index in [0.717, 1.165) is 12.8 Å². The Hall–Kier alpha value is -1.51. The zero-order valence-electron chi connectivity index (χ0n) is 10.3. The predicted molar refractivity (Wildman–Crippen MR) is 67.7 cm³/mol. The highest BCUT2D eigenvalue weighted by atomic mass is 16.5. The molecule has 0 aromatic heterocycles. The lowest BCUT2D eigenvalue weighted by molar-refractivity contribution is -0.128. The van der Waals surface area contributed by atoms with Crippen LogP contribution in [-0.2, 0) is 9.53 Å². The molecule has 0 aliphatic carbocycles. The molecule has 0 unspecified atom stereocenters. The second kappa shape index (κ2) is 10.0. The minimum atomic E-state index is 0.482. The van der Waals surface area contributed by atoms with Crippen molar-refractivity contribution in [3.8, 4) is 0 Å². The fourth-order valence-corrected chi connectivity index (χ4v) is 1.00. The molecule has 1 aromatic carbocycles. The molecule has 90 valence electrons. The summed E-state index contributed by atoms with van der Waals surface area (Å²) in [6, 6.07) is 10.3.